The highest BCUT2D eigenvalue weighted by Gasteiger charge is 2.30. The van der Waals surface area contributed by atoms with Gasteiger partial charge >= 0.3 is 5.97 Å². The average Bonchev–Trinajstić information content (AvgIpc) is 2.80. The van der Waals surface area contributed by atoms with Crippen LogP contribution in [0.2, 0.25) is 0 Å². The van der Waals surface area contributed by atoms with Crippen molar-refractivity contribution >= 4 is 28.5 Å². The van der Waals surface area contributed by atoms with Gasteiger partial charge in [0.25, 0.3) is 5.69 Å². The molecular formula is C23H20N2O6S. The van der Waals surface area contributed by atoms with Crippen LogP contribution in [-0.4, -0.2) is 27.4 Å². The first-order valence-corrected chi connectivity index (χ1v) is 10.3. The van der Waals surface area contributed by atoms with Gasteiger partial charge in [0.15, 0.2) is 0 Å². The summed E-state index contributed by atoms with van der Waals surface area (Å²) in [5, 5.41) is 20.5. The van der Waals surface area contributed by atoms with Crippen molar-refractivity contribution in [1.82, 2.24) is 0 Å². The van der Waals surface area contributed by atoms with Crippen molar-refractivity contribution in [3.05, 3.63) is 69.8 Å². The number of benzene rings is 2. The fourth-order valence-corrected chi connectivity index (χ4v) is 3.52. The minimum atomic E-state index is -1.14. The number of rotatable bonds is 10. The Morgan fingerprint density at radius 2 is 1.97 bits per heavy atom. The number of esters is 1. The summed E-state index contributed by atoms with van der Waals surface area (Å²) in [5.41, 5.74) is 0.382. The zero-order valence-electron chi connectivity index (χ0n) is 17.3. The largest absolute Gasteiger partial charge is 0.481 e. The first kappa shape index (κ1) is 24.4. The maximum absolute atomic E-state index is 12.4. The Bertz CT molecular complexity index is 1070. The fraction of sp³-hybridized carbons (Fsp3) is 0.261. The van der Waals surface area contributed by atoms with Crippen LogP contribution in [0.1, 0.15) is 35.7 Å². The Kier molecular flexibility index (Phi) is 8.82. The standard InChI is InChI=1S/C23H20N2O6S/c1-3-13-30-19-9-10-20(25(28)29)18(14-19)15-31-21(26)11-12-23(2,16-24)32-22(27)17-7-5-4-6-8-17/h1,4-10,14H,11-13,15H2,2H3. The Hall–Kier alpha value is -3.82. The van der Waals surface area contributed by atoms with Crippen molar-refractivity contribution in [2.24, 2.45) is 0 Å². The predicted octanol–water partition coefficient (Wildman–Crippen LogP) is 4.29. The van der Waals surface area contributed by atoms with Crippen LogP contribution in [-0.2, 0) is 16.1 Å². The molecule has 9 heteroatoms. The molecule has 0 radical (unpaired) electrons. The van der Waals surface area contributed by atoms with Crippen molar-refractivity contribution < 1.29 is 24.0 Å². The molecule has 0 aliphatic rings. The van der Waals surface area contributed by atoms with E-state index in [1.807, 2.05) is 0 Å². The number of nitro groups is 1. The molecule has 0 bridgehead atoms. The number of nitrogens with zero attached hydrogens (tertiary/aromatic N) is 2. The minimum absolute atomic E-state index is 0.0108. The molecule has 0 spiro atoms. The van der Waals surface area contributed by atoms with Crippen molar-refractivity contribution in [2.75, 3.05) is 6.61 Å². The van der Waals surface area contributed by atoms with E-state index < -0.39 is 15.6 Å². The number of thioether (sulfide) groups is 1. The molecule has 0 fully saturated rings. The first-order chi connectivity index (χ1) is 15.3. The molecule has 2 aromatic carbocycles. The van der Waals surface area contributed by atoms with Crippen LogP contribution in [0.5, 0.6) is 5.75 Å². The first-order valence-electron chi connectivity index (χ1n) is 9.47. The fourth-order valence-electron chi connectivity index (χ4n) is 2.61. The highest BCUT2D eigenvalue weighted by atomic mass is 32.2. The van der Waals surface area contributed by atoms with Gasteiger partial charge in [-0.15, -0.1) is 6.42 Å². The van der Waals surface area contributed by atoms with E-state index in [4.69, 9.17) is 15.9 Å². The molecule has 1 atom stereocenters. The number of ether oxygens (including phenoxy) is 2. The van der Waals surface area contributed by atoms with Crippen LogP contribution in [0.25, 0.3) is 0 Å². The van der Waals surface area contributed by atoms with E-state index in [0.717, 1.165) is 11.8 Å². The summed E-state index contributed by atoms with van der Waals surface area (Å²) in [6.07, 6.45) is 5.07. The molecule has 0 saturated heterocycles. The number of nitriles is 1. The zero-order chi connectivity index (χ0) is 23.6. The summed E-state index contributed by atoms with van der Waals surface area (Å²) in [6.45, 7) is 1.22. The van der Waals surface area contributed by atoms with Gasteiger partial charge in [-0.05, 0) is 25.5 Å². The number of nitro benzene ring substituents is 1. The molecule has 0 aromatic heterocycles. The topological polar surface area (TPSA) is 120 Å². The van der Waals surface area contributed by atoms with Crippen LogP contribution in [0.15, 0.2) is 48.5 Å². The van der Waals surface area contributed by atoms with Gasteiger partial charge in [-0.3, -0.25) is 19.7 Å². The SMILES string of the molecule is C#CCOc1ccc([N+](=O)[O-])c(COC(=O)CCC(C)(C#N)SC(=O)c2ccccc2)c1. The van der Waals surface area contributed by atoms with E-state index in [-0.39, 0.29) is 42.4 Å². The molecule has 0 N–H and O–H groups in total. The van der Waals surface area contributed by atoms with Gasteiger partial charge in [0.1, 0.15) is 23.7 Å². The van der Waals surface area contributed by atoms with Gasteiger partial charge in [0.05, 0.1) is 16.6 Å². The molecule has 0 heterocycles. The lowest BCUT2D eigenvalue weighted by Crippen LogP contribution is -2.22. The Morgan fingerprint density at radius 3 is 2.59 bits per heavy atom. The van der Waals surface area contributed by atoms with Crippen LogP contribution >= 0.6 is 11.8 Å². The number of hydrogen-bond donors (Lipinski definition) is 0. The maximum atomic E-state index is 12.4. The third-order valence-electron chi connectivity index (χ3n) is 4.33. The number of carbonyl (C=O) groups excluding carboxylic acids is 2. The second kappa shape index (κ2) is 11.5. The summed E-state index contributed by atoms with van der Waals surface area (Å²) in [7, 11) is 0. The molecule has 0 aliphatic heterocycles. The minimum Gasteiger partial charge on any atom is -0.481 e. The maximum Gasteiger partial charge on any atom is 0.306 e. The summed E-state index contributed by atoms with van der Waals surface area (Å²) in [5.74, 6) is 1.95. The Labute approximate surface area is 189 Å². The summed E-state index contributed by atoms with van der Waals surface area (Å²) in [4.78, 5) is 35.2. The molecule has 164 valence electrons. The zero-order valence-corrected chi connectivity index (χ0v) is 18.1. The van der Waals surface area contributed by atoms with E-state index in [1.165, 1.54) is 18.2 Å². The predicted molar refractivity (Wildman–Crippen MR) is 119 cm³/mol. The molecule has 1 unspecified atom stereocenters. The van der Waals surface area contributed by atoms with Crippen LogP contribution in [0.4, 0.5) is 5.69 Å². The average molecular weight is 452 g/mol. The van der Waals surface area contributed by atoms with E-state index in [2.05, 4.69) is 12.0 Å². The van der Waals surface area contributed by atoms with Crippen LogP contribution in [0.3, 0.4) is 0 Å². The van der Waals surface area contributed by atoms with Crippen molar-refractivity contribution in [3.8, 4) is 24.2 Å². The quantitative estimate of drug-likeness (QED) is 0.227. The van der Waals surface area contributed by atoms with Gasteiger partial charge < -0.3 is 9.47 Å². The molecular weight excluding hydrogens is 432 g/mol. The summed E-state index contributed by atoms with van der Waals surface area (Å²) >= 11 is 0.843. The van der Waals surface area contributed by atoms with Gasteiger partial charge in [-0.1, -0.05) is 48.0 Å². The lowest BCUT2D eigenvalue weighted by atomic mass is 10.1. The van der Waals surface area contributed by atoms with Crippen molar-refractivity contribution in [2.45, 2.75) is 31.1 Å². The summed E-state index contributed by atoms with van der Waals surface area (Å²) < 4.78 is 9.27. The summed E-state index contributed by atoms with van der Waals surface area (Å²) in [6, 6.07) is 14.6. The lowest BCUT2D eigenvalue weighted by Gasteiger charge is -2.19. The number of hydrogen-bond acceptors (Lipinski definition) is 8. The highest BCUT2D eigenvalue weighted by molar-refractivity contribution is 8.15. The molecule has 8 nitrogen and oxygen atoms in total. The lowest BCUT2D eigenvalue weighted by molar-refractivity contribution is -0.385. The van der Waals surface area contributed by atoms with E-state index in [9.17, 15) is 25.0 Å². The van der Waals surface area contributed by atoms with Gasteiger partial charge in [-0.2, -0.15) is 5.26 Å². The van der Waals surface area contributed by atoms with Gasteiger partial charge in [0.2, 0.25) is 5.12 Å². The monoisotopic (exact) mass is 452 g/mol. The van der Waals surface area contributed by atoms with Crippen molar-refractivity contribution in [3.63, 3.8) is 0 Å². The Morgan fingerprint density at radius 1 is 1.25 bits per heavy atom. The molecule has 2 rings (SSSR count). The smallest absolute Gasteiger partial charge is 0.306 e. The van der Waals surface area contributed by atoms with E-state index in [1.54, 1.807) is 37.3 Å². The Balaban J connectivity index is 1.97. The van der Waals surface area contributed by atoms with E-state index >= 15 is 0 Å². The van der Waals surface area contributed by atoms with Gasteiger partial charge in [0, 0.05) is 18.1 Å². The van der Waals surface area contributed by atoms with Gasteiger partial charge in [-0.25, -0.2) is 0 Å². The van der Waals surface area contributed by atoms with Crippen LogP contribution < -0.4 is 4.74 Å². The third kappa shape index (κ3) is 7.15. The number of carbonyl (C=O) groups is 2. The molecule has 0 saturated carbocycles. The molecule has 2 aromatic rings. The normalized spacial score (nSPS) is 12.0. The molecule has 0 amide bonds. The molecule has 0 aliphatic carbocycles. The second-order valence-corrected chi connectivity index (χ2v) is 8.28. The van der Waals surface area contributed by atoms with Crippen molar-refractivity contribution in [1.29, 1.82) is 5.26 Å². The van der Waals surface area contributed by atoms with Crippen LogP contribution in [0, 0.1) is 33.8 Å². The highest BCUT2D eigenvalue weighted by Crippen LogP contribution is 2.32. The van der Waals surface area contributed by atoms with E-state index in [0.29, 0.717) is 11.3 Å². The third-order valence-corrected chi connectivity index (χ3v) is 5.50. The number of terminal acetylenes is 1. The molecule has 32 heavy (non-hydrogen) atoms. The second-order valence-electron chi connectivity index (χ2n) is 6.80.